The fraction of sp³-hybridized carbons (Fsp3) is 0.381. The van der Waals surface area contributed by atoms with E-state index in [0.717, 1.165) is 17.7 Å². The number of furan rings is 1. The Kier molecular flexibility index (Phi) is 5.36. The third-order valence-corrected chi connectivity index (χ3v) is 6.52. The number of ether oxygens (including phenoxy) is 1. The molecule has 4 rings (SSSR count). The molecule has 3 atom stereocenters. The van der Waals surface area contributed by atoms with Crippen molar-refractivity contribution in [3.8, 4) is 0 Å². The predicted octanol–water partition coefficient (Wildman–Crippen LogP) is 2.76. The standard InChI is InChI=1S/C21H22N2O5S/c1-13-10-15-6-3-4-7-16(15)22(13)19(25)11-28-21(26)17-12-29-20(23(17)14(2)24)18-8-5-9-27-18/h3-9,13,17,20H,10-12H2,1-2H3/t13-,17+,20-/m1/s1. The summed E-state index contributed by atoms with van der Waals surface area (Å²) in [5.74, 6) is -0.0829. The number of benzene rings is 1. The van der Waals surface area contributed by atoms with Gasteiger partial charge in [-0.2, -0.15) is 0 Å². The summed E-state index contributed by atoms with van der Waals surface area (Å²) in [6.07, 6.45) is 2.31. The molecular weight excluding hydrogens is 392 g/mol. The van der Waals surface area contributed by atoms with Crippen LogP contribution in [0, 0.1) is 0 Å². The van der Waals surface area contributed by atoms with E-state index in [2.05, 4.69) is 0 Å². The first-order valence-electron chi connectivity index (χ1n) is 9.48. The SMILES string of the molecule is CC(=O)N1[C@@H](c2ccco2)SC[C@H]1C(=O)OCC(=O)N1c2ccccc2C[C@H]1C. The Balaban J connectivity index is 1.42. The monoisotopic (exact) mass is 414 g/mol. The zero-order valence-corrected chi connectivity index (χ0v) is 17.1. The van der Waals surface area contributed by atoms with Crippen molar-refractivity contribution >= 4 is 35.2 Å². The van der Waals surface area contributed by atoms with Gasteiger partial charge in [0.1, 0.15) is 17.2 Å². The molecule has 2 aromatic rings. The highest BCUT2D eigenvalue weighted by molar-refractivity contribution is 7.99. The topological polar surface area (TPSA) is 80.1 Å². The molecule has 8 heteroatoms. The number of fused-ring (bicyclic) bond motifs is 1. The van der Waals surface area contributed by atoms with Crippen LogP contribution in [0.5, 0.6) is 0 Å². The van der Waals surface area contributed by atoms with Crippen LogP contribution in [-0.2, 0) is 25.5 Å². The Morgan fingerprint density at radius 3 is 2.72 bits per heavy atom. The van der Waals surface area contributed by atoms with E-state index in [9.17, 15) is 14.4 Å². The summed E-state index contributed by atoms with van der Waals surface area (Å²) >= 11 is 1.44. The summed E-state index contributed by atoms with van der Waals surface area (Å²) in [6, 6.07) is 10.5. The summed E-state index contributed by atoms with van der Waals surface area (Å²) < 4.78 is 10.8. The Labute approximate surface area is 173 Å². The number of rotatable bonds is 4. The number of hydrogen-bond donors (Lipinski definition) is 0. The molecule has 0 aliphatic carbocycles. The van der Waals surface area contributed by atoms with Crippen molar-refractivity contribution in [1.29, 1.82) is 0 Å². The smallest absolute Gasteiger partial charge is 0.330 e. The van der Waals surface area contributed by atoms with E-state index in [1.807, 2.05) is 31.2 Å². The number of para-hydroxylation sites is 1. The molecule has 2 aliphatic rings. The molecule has 1 fully saturated rings. The second-order valence-corrected chi connectivity index (χ2v) is 8.31. The van der Waals surface area contributed by atoms with Crippen LogP contribution < -0.4 is 4.90 Å². The van der Waals surface area contributed by atoms with Gasteiger partial charge >= 0.3 is 5.97 Å². The fourth-order valence-corrected chi connectivity index (χ4v) is 5.38. The van der Waals surface area contributed by atoms with Crippen LogP contribution in [0.3, 0.4) is 0 Å². The van der Waals surface area contributed by atoms with Crippen LogP contribution in [0.25, 0.3) is 0 Å². The van der Waals surface area contributed by atoms with Gasteiger partial charge in [-0.3, -0.25) is 9.59 Å². The van der Waals surface area contributed by atoms with Gasteiger partial charge in [0.2, 0.25) is 5.91 Å². The van der Waals surface area contributed by atoms with Crippen LogP contribution >= 0.6 is 11.8 Å². The van der Waals surface area contributed by atoms with Gasteiger partial charge in [-0.1, -0.05) is 18.2 Å². The Morgan fingerprint density at radius 1 is 1.21 bits per heavy atom. The molecule has 0 bridgehead atoms. The van der Waals surface area contributed by atoms with E-state index >= 15 is 0 Å². The number of carbonyl (C=O) groups is 3. The molecular formula is C21H22N2O5S. The molecule has 3 heterocycles. The van der Waals surface area contributed by atoms with Crippen LogP contribution in [0.2, 0.25) is 0 Å². The lowest BCUT2D eigenvalue weighted by atomic mass is 10.1. The van der Waals surface area contributed by atoms with Gasteiger partial charge in [0, 0.05) is 24.4 Å². The lowest BCUT2D eigenvalue weighted by Gasteiger charge is -2.26. The van der Waals surface area contributed by atoms with Gasteiger partial charge < -0.3 is 19.0 Å². The van der Waals surface area contributed by atoms with Crippen LogP contribution in [0.1, 0.15) is 30.5 Å². The van der Waals surface area contributed by atoms with Crippen molar-refractivity contribution in [1.82, 2.24) is 4.90 Å². The number of nitrogens with zero attached hydrogens (tertiary/aromatic N) is 2. The van der Waals surface area contributed by atoms with Gasteiger partial charge in [-0.05, 0) is 37.1 Å². The Morgan fingerprint density at radius 2 is 2.00 bits per heavy atom. The third-order valence-electron chi connectivity index (χ3n) is 5.24. The normalized spacial score (nSPS) is 23.2. The number of hydrogen-bond acceptors (Lipinski definition) is 6. The van der Waals surface area contributed by atoms with Crippen molar-refractivity contribution in [2.24, 2.45) is 0 Å². The average Bonchev–Trinajstić information content (AvgIpc) is 3.42. The summed E-state index contributed by atoms with van der Waals surface area (Å²) in [7, 11) is 0. The molecule has 152 valence electrons. The zero-order valence-electron chi connectivity index (χ0n) is 16.2. The molecule has 1 saturated heterocycles. The quantitative estimate of drug-likeness (QED) is 0.716. The fourth-order valence-electron chi connectivity index (χ4n) is 3.97. The predicted molar refractivity (Wildman–Crippen MR) is 108 cm³/mol. The Bertz CT molecular complexity index is 929. The molecule has 0 N–H and O–H groups in total. The number of carbonyl (C=O) groups excluding carboxylic acids is 3. The zero-order chi connectivity index (χ0) is 20.5. The van der Waals surface area contributed by atoms with Crippen molar-refractivity contribution in [2.45, 2.75) is 37.7 Å². The largest absolute Gasteiger partial charge is 0.466 e. The lowest BCUT2D eigenvalue weighted by molar-refractivity contribution is -0.155. The van der Waals surface area contributed by atoms with Crippen LogP contribution in [0.4, 0.5) is 5.69 Å². The average molecular weight is 414 g/mol. The number of anilines is 1. The molecule has 7 nitrogen and oxygen atoms in total. The highest BCUT2D eigenvalue weighted by Gasteiger charge is 2.43. The number of amides is 2. The van der Waals surface area contributed by atoms with E-state index < -0.39 is 12.0 Å². The maximum absolute atomic E-state index is 12.8. The second kappa shape index (κ2) is 7.94. The third kappa shape index (κ3) is 3.64. The highest BCUT2D eigenvalue weighted by atomic mass is 32.2. The van der Waals surface area contributed by atoms with E-state index in [1.165, 1.54) is 29.8 Å². The lowest BCUT2D eigenvalue weighted by Crippen LogP contribution is -2.44. The van der Waals surface area contributed by atoms with Gasteiger partial charge in [0.05, 0.1) is 6.26 Å². The summed E-state index contributed by atoms with van der Waals surface area (Å²) in [6.45, 7) is 3.03. The van der Waals surface area contributed by atoms with Gasteiger partial charge in [0.25, 0.3) is 5.91 Å². The molecule has 0 unspecified atom stereocenters. The first kappa shape index (κ1) is 19.6. The molecule has 0 spiro atoms. The van der Waals surface area contributed by atoms with Crippen molar-refractivity contribution < 1.29 is 23.5 Å². The van der Waals surface area contributed by atoms with E-state index in [0.29, 0.717) is 11.5 Å². The molecule has 2 amide bonds. The van der Waals surface area contributed by atoms with E-state index in [-0.39, 0.29) is 29.8 Å². The summed E-state index contributed by atoms with van der Waals surface area (Å²) in [5, 5.41) is -0.374. The minimum atomic E-state index is -0.747. The Hall–Kier alpha value is -2.74. The van der Waals surface area contributed by atoms with Crippen LogP contribution in [0.15, 0.2) is 47.1 Å². The number of thioether (sulfide) groups is 1. The van der Waals surface area contributed by atoms with Crippen molar-refractivity contribution in [3.05, 3.63) is 54.0 Å². The van der Waals surface area contributed by atoms with E-state index in [1.54, 1.807) is 17.0 Å². The van der Waals surface area contributed by atoms with E-state index in [4.69, 9.17) is 9.15 Å². The highest BCUT2D eigenvalue weighted by Crippen LogP contribution is 2.41. The number of esters is 1. The summed E-state index contributed by atoms with van der Waals surface area (Å²) in [4.78, 5) is 40.8. The maximum atomic E-state index is 12.8. The minimum absolute atomic E-state index is 0.0117. The molecule has 1 aromatic heterocycles. The van der Waals surface area contributed by atoms with Crippen molar-refractivity contribution in [2.75, 3.05) is 17.3 Å². The summed E-state index contributed by atoms with van der Waals surface area (Å²) in [5.41, 5.74) is 1.97. The molecule has 2 aliphatic heterocycles. The van der Waals surface area contributed by atoms with Crippen LogP contribution in [-0.4, -0.2) is 47.1 Å². The molecule has 0 saturated carbocycles. The second-order valence-electron chi connectivity index (χ2n) is 7.20. The molecule has 1 aromatic carbocycles. The molecule has 0 radical (unpaired) electrons. The van der Waals surface area contributed by atoms with Crippen molar-refractivity contribution in [3.63, 3.8) is 0 Å². The first-order valence-corrected chi connectivity index (χ1v) is 10.5. The first-order chi connectivity index (χ1) is 14.0. The van der Waals surface area contributed by atoms with Gasteiger partial charge in [-0.25, -0.2) is 4.79 Å². The minimum Gasteiger partial charge on any atom is -0.466 e. The van der Waals surface area contributed by atoms with Gasteiger partial charge in [-0.15, -0.1) is 11.8 Å². The molecule has 29 heavy (non-hydrogen) atoms. The maximum Gasteiger partial charge on any atom is 0.330 e. The van der Waals surface area contributed by atoms with Gasteiger partial charge in [0.15, 0.2) is 6.61 Å².